The van der Waals surface area contributed by atoms with Gasteiger partial charge < -0.3 is 19.3 Å². The lowest BCUT2D eigenvalue weighted by molar-refractivity contribution is 0.0490. The molecule has 2 aromatic rings. The van der Waals surface area contributed by atoms with Gasteiger partial charge in [-0.3, -0.25) is 4.90 Å². The van der Waals surface area contributed by atoms with Crippen LogP contribution in [0.15, 0.2) is 12.4 Å². The lowest BCUT2D eigenvalue weighted by Crippen LogP contribution is -2.54. The van der Waals surface area contributed by atoms with Crippen LogP contribution in [0.1, 0.15) is 23.5 Å². The highest BCUT2D eigenvalue weighted by molar-refractivity contribution is 5.70. The zero-order valence-electron chi connectivity index (χ0n) is 16.5. The van der Waals surface area contributed by atoms with E-state index in [0.717, 1.165) is 41.7 Å². The van der Waals surface area contributed by atoms with Gasteiger partial charge in [-0.15, -0.1) is 0 Å². The summed E-state index contributed by atoms with van der Waals surface area (Å²) in [5.74, 6) is 1.72. The molecule has 5 heterocycles. The lowest BCUT2D eigenvalue weighted by atomic mass is 10.1. The number of rotatable bonds is 4. The molecule has 10 heteroatoms. The van der Waals surface area contributed by atoms with Crippen molar-refractivity contribution in [3.8, 4) is 6.01 Å². The number of anilines is 2. The number of amides is 1. The Bertz CT molecular complexity index is 926. The molecule has 2 aromatic heterocycles. The van der Waals surface area contributed by atoms with Crippen LogP contribution in [-0.2, 0) is 17.8 Å². The molecule has 5 rings (SSSR count). The molecule has 29 heavy (non-hydrogen) atoms. The summed E-state index contributed by atoms with van der Waals surface area (Å²) in [4.78, 5) is 36.1. The molecule has 3 aliphatic heterocycles. The van der Waals surface area contributed by atoms with Gasteiger partial charge in [0.25, 0.3) is 0 Å². The van der Waals surface area contributed by atoms with Crippen molar-refractivity contribution < 1.29 is 14.3 Å². The van der Waals surface area contributed by atoms with Crippen LogP contribution in [0.25, 0.3) is 0 Å². The fourth-order valence-corrected chi connectivity index (χ4v) is 3.80. The molecule has 10 nitrogen and oxygen atoms in total. The summed E-state index contributed by atoms with van der Waals surface area (Å²) in [6, 6.07) is 0.335. The molecule has 0 aliphatic carbocycles. The van der Waals surface area contributed by atoms with Crippen molar-refractivity contribution in [2.45, 2.75) is 32.5 Å². The van der Waals surface area contributed by atoms with E-state index in [4.69, 9.17) is 9.47 Å². The van der Waals surface area contributed by atoms with Gasteiger partial charge in [0.2, 0.25) is 0 Å². The van der Waals surface area contributed by atoms with Crippen LogP contribution in [0.2, 0.25) is 0 Å². The van der Waals surface area contributed by atoms with Gasteiger partial charge in [-0.2, -0.15) is 0 Å². The van der Waals surface area contributed by atoms with Gasteiger partial charge in [-0.25, -0.2) is 24.7 Å². The summed E-state index contributed by atoms with van der Waals surface area (Å²) < 4.78 is 10.7. The Morgan fingerprint density at radius 2 is 1.86 bits per heavy atom. The highest BCUT2D eigenvalue weighted by atomic mass is 16.6. The van der Waals surface area contributed by atoms with Crippen molar-refractivity contribution >= 4 is 17.6 Å². The van der Waals surface area contributed by atoms with Crippen LogP contribution in [0, 0.1) is 6.92 Å². The van der Waals surface area contributed by atoms with E-state index in [-0.39, 0.29) is 12.2 Å². The average molecular weight is 397 g/mol. The van der Waals surface area contributed by atoms with Crippen LogP contribution >= 0.6 is 0 Å². The fourth-order valence-electron chi connectivity index (χ4n) is 3.80. The number of fused-ring (bicyclic) bond motifs is 1. The van der Waals surface area contributed by atoms with Crippen LogP contribution in [0.5, 0.6) is 6.01 Å². The number of hydrogen-bond donors (Lipinski definition) is 0. The largest absolute Gasteiger partial charge is 0.467 e. The molecule has 0 atom stereocenters. The molecule has 1 amide bonds. The standard InChI is InChI=1S/C19H23N7O3/c1-12-22-16-11-26(10-15(16)17(23-12)24-4-3-5-24)19(27)29-14-8-25(9-14)13-6-20-18(28-2)21-7-13/h6-7,14H,3-5,8-11H2,1-2H3. The number of aryl methyl sites for hydroxylation is 1. The minimum absolute atomic E-state index is 0.143. The smallest absolute Gasteiger partial charge is 0.410 e. The van der Waals surface area contributed by atoms with Gasteiger partial charge in [-0.1, -0.05) is 0 Å². The highest BCUT2D eigenvalue weighted by Gasteiger charge is 2.36. The van der Waals surface area contributed by atoms with Gasteiger partial charge in [0, 0.05) is 18.7 Å². The summed E-state index contributed by atoms with van der Waals surface area (Å²) in [6.07, 6.45) is 4.15. The first kappa shape index (κ1) is 17.9. The van der Waals surface area contributed by atoms with Crippen molar-refractivity contribution in [2.75, 3.05) is 43.1 Å². The van der Waals surface area contributed by atoms with Gasteiger partial charge in [0.1, 0.15) is 17.7 Å². The predicted molar refractivity (Wildman–Crippen MR) is 104 cm³/mol. The number of hydrogen-bond acceptors (Lipinski definition) is 9. The second-order valence-electron chi connectivity index (χ2n) is 7.56. The third kappa shape index (κ3) is 3.28. The number of carbonyl (C=O) groups is 1. The molecule has 0 aromatic carbocycles. The van der Waals surface area contributed by atoms with Crippen LogP contribution in [0.3, 0.4) is 0 Å². The molecule has 0 unspecified atom stereocenters. The molecule has 2 fully saturated rings. The van der Waals surface area contributed by atoms with E-state index in [1.54, 1.807) is 17.3 Å². The monoisotopic (exact) mass is 397 g/mol. The van der Waals surface area contributed by atoms with Crippen molar-refractivity contribution in [2.24, 2.45) is 0 Å². The molecule has 152 valence electrons. The van der Waals surface area contributed by atoms with Crippen molar-refractivity contribution in [1.29, 1.82) is 0 Å². The quantitative estimate of drug-likeness (QED) is 0.752. The maximum absolute atomic E-state index is 12.7. The molecular formula is C19H23N7O3. The van der Waals surface area contributed by atoms with Crippen molar-refractivity contribution in [1.82, 2.24) is 24.8 Å². The minimum atomic E-state index is -0.300. The first-order valence-corrected chi connectivity index (χ1v) is 9.78. The Hall–Kier alpha value is -3.17. The van der Waals surface area contributed by atoms with Gasteiger partial charge in [0.15, 0.2) is 0 Å². The number of nitrogens with zero attached hydrogens (tertiary/aromatic N) is 7. The molecule has 0 spiro atoms. The second-order valence-corrected chi connectivity index (χ2v) is 7.56. The third-order valence-electron chi connectivity index (χ3n) is 5.56. The van der Waals surface area contributed by atoms with Gasteiger partial charge >= 0.3 is 12.1 Å². The van der Waals surface area contributed by atoms with Gasteiger partial charge in [-0.05, 0) is 13.3 Å². The SMILES string of the molecule is COc1ncc(N2CC(OC(=O)N3Cc4nc(C)nc(N5CCC5)c4C3)C2)cn1. The summed E-state index contributed by atoms with van der Waals surface area (Å²) in [5.41, 5.74) is 2.87. The van der Waals surface area contributed by atoms with Crippen molar-refractivity contribution in [3.05, 3.63) is 29.5 Å². The molecule has 2 saturated heterocycles. The van der Waals surface area contributed by atoms with E-state index >= 15 is 0 Å². The van der Waals surface area contributed by atoms with E-state index in [9.17, 15) is 4.79 Å². The summed E-state index contributed by atoms with van der Waals surface area (Å²) >= 11 is 0. The van der Waals surface area contributed by atoms with Crippen LogP contribution in [0.4, 0.5) is 16.3 Å². The number of aromatic nitrogens is 4. The maximum atomic E-state index is 12.7. The molecular weight excluding hydrogens is 374 g/mol. The molecule has 0 saturated carbocycles. The molecule has 0 bridgehead atoms. The van der Waals surface area contributed by atoms with E-state index in [2.05, 4.69) is 29.7 Å². The van der Waals surface area contributed by atoms with E-state index in [1.165, 1.54) is 13.5 Å². The Balaban J connectivity index is 1.18. The molecule has 0 radical (unpaired) electrons. The van der Waals surface area contributed by atoms with Crippen LogP contribution < -0.4 is 14.5 Å². The molecule has 0 N–H and O–H groups in total. The predicted octanol–water partition coefficient (Wildman–Crippen LogP) is 1.13. The zero-order valence-corrected chi connectivity index (χ0v) is 16.5. The second kappa shape index (κ2) is 7.02. The molecule has 3 aliphatic rings. The summed E-state index contributed by atoms with van der Waals surface area (Å²) in [6.45, 7) is 6.15. The van der Waals surface area contributed by atoms with Crippen molar-refractivity contribution in [3.63, 3.8) is 0 Å². The highest BCUT2D eigenvalue weighted by Crippen LogP contribution is 2.32. The number of ether oxygens (including phenoxy) is 2. The first-order valence-electron chi connectivity index (χ1n) is 9.78. The Morgan fingerprint density at radius 3 is 2.52 bits per heavy atom. The van der Waals surface area contributed by atoms with E-state index < -0.39 is 0 Å². The normalized spacial score (nSPS) is 18.2. The number of carbonyl (C=O) groups excluding carboxylic acids is 1. The fraction of sp³-hybridized carbons (Fsp3) is 0.526. The summed E-state index contributed by atoms with van der Waals surface area (Å²) in [5, 5.41) is 0. The topological polar surface area (TPSA) is 96.8 Å². The van der Waals surface area contributed by atoms with E-state index in [1.807, 2.05) is 6.92 Å². The zero-order chi connectivity index (χ0) is 20.0. The average Bonchev–Trinajstić information content (AvgIpc) is 3.07. The van der Waals surface area contributed by atoms with Crippen LogP contribution in [-0.4, -0.2) is 70.3 Å². The Kier molecular flexibility index (Phi) is 4.33. The number of methoxy groups -OCH3 is 1. The summed E-state index contributed by atoms with van der Waals surface area (Å²) in [7, 11) is 1.53. The maximum Gasteiger partial charge on any atom is 0.410 e. The first-order chi connectivity index (χ1) is 14.1. The Labute approximate surface area is 168 Å². The lowest BCUT2D eigenvalue weighted by Gasteiger charge is -2.40. The third-order valence-corrected chi connectivity index (χ3v) is 5.56. The van der Waals surface area contributed by atoms with E-state index in [0.29, 0.717) is 32.2 Å². The van der Waals surface area contributed by atoms with Gasteiger partial charge in [0.05, 0.1) is 57.1 Å². The minimum Gasteiger partial charge on any atom is -0.467 e. The Morgan fingerprint density at radius 1 is 1.10 bits per heavy atom.